The van der Waals surface area contributed by atoms with E-state index in [1.54, 1.807) is 12.1 Å². The highest BCUT2D eigenvalue weighted by Gasteiger charge is 2.15. The number of anilines is 1. The second kappa shape index (κ2) is 6.57. The first kappa shape index (κ1) is 15.2. The molecule has 0 aliphatic heterocycles. The fraction of sp³-hybridized carbons (Fsp3) is 0.133. The third-order valence-corrected chi connectivity index (χ3v) is 3.98. The highest BCUT2D eigenvalue weighted by Crippen LogP contribution is 2.22. The van der Waals surface area contributed by atoms with Crippen LogP contribution in [0.1, 0.15) is 5.56 Å². The van der Waals surface area contributed by atoms with Crippen LogP contribution in [0.5, 0.6) is 0 Å². The Morgan fingerprint density at radius 1 is 1.35 bits per heavy atom. The summed E-state index contributed by atoms with van der Waals surface area (Å²) in [5.74, 6) is 6.92. The van der Waals surface area contributed by atoms with Crippen LogP contribution in [0.3, 0.4) is 0 Å². The van der Waals surface area contributed by atoms with E-state index in [0.717, 1.165) is 11.3 Å². The van der Waals surface area contributed by atoms with Crippen molar-refractivity contribution in [3.8, 4) is 11.6 Å². The van der Waals surface area contributed by atoms with Crippen LogP contribution in [0.4, 0.5) is 5.69 Å². The van der Waals surface area contributed by atoms with Gasteiger partial charge in [-0.1, -0.05) is 23.9 Å². The number of hydrogen-bond acceptors (Lipinski definition) is 6. The van der Waals surface area contributed by atoms with Gasteiger partial charge < -0.3 is 15.6 Å². The lowest BCUT2D eigenvalue weighted by molar-refractivity contribution is -0.113. The lowest BCUT2D eigenvalue weighted by Crippen LogP contribution is -2.16. The Hall–Kier alpha value is -2.74. The lowest BCUT2D eigenvalue weighted by atomic mass is 10.2. The number of hydrogen-bond donors (Lipinski definition) is 2. The van der Waals surface area contributed by atoms with Crippen LogP contribution in [0, 0.1) is 6.92 Å². The number of aryl methyl sites for hydroxylation is 1. The monoisotopic (exact) mass is 329 g/mol. The van der Waals surface area contributed by atoms with Crippen molar-refractivity contribution < 1.29 is 9.21 Å². The Balaban J connectivity index is 1.61. The summed E-state index contributed by atoms with van der Waals surface area (Å²) in [4.78, 5) is 12.0. The van der Waals surface area contributed by atoms with Crippen molar-refractivity contribution in [1.82, 2.24) is 14.9 Å². The molecule has 0 aliphatic carbocycles. The van der Waals surface area contributed by atoms with E-state index in [1.807, 2.05) is 31.2 Å². The maximum absolute atomic E-state index is 12.0. The molecule has 3 aromatic rings. The molecular formula is C15H15N5O2S. The molecule has 0 aliphatic rings. The van der Waals surface area contributed by atoms with Crippen LogP contribution in [0.2, 0.25) is 0 Å². The fourth-order valence-corrected chi connectivity index (χ4v) is 2.66. The zero-order valence-electron chi connectivity index (χ0n) is 12.4. The van der Waals surface area contributed by atoms with Gasteiger partial charge in [-0.05, 0) is 36.8 Å². The topological polar surface area (TPSA) is 99.0 Å². The molecule has 23 heavy (non-hydrogen) atoms. The average molecular weight is 329 g/mol. The van der Waals surface area contributed by atoms with Gasteiger partial charge in [0.05, 0.1) is 12.0 Å². The average Bonchev–Trinajstić information content (AvgIpc) is 3.15. The van der Waals surface area contributed by atoms with Crippen LogP contribution in [0.15, 0.2) is 52.2 Å². The van der Waals surface area contributed by atoms with Gasteiger partial charge >= 0.3 is 0 Å². The zero-order chi connectivity index (χ0) is 16.2. The number of benzene rings is 1. The minimum Gasteiger partial charge on any atom is -0.461 e. The Kier molecular flexibility index (Phi) is 4.33. The molecule has 3 rings (SSSR count). The van der Waals surface area contributed by atoms with Gasteiger partial charge in [-0.15, -0.1) is 10.2 Å². The molecular weight excluding hydrogens is 314 g/mol. The van der Waals surface area contributed by atoms with Crippen molar-refractivity contribution in [2.75, 3.05) is 16.9 Å². The first-order valence-electron chi connectivity index (χ1n) is 6.87. The Bertz CT molecular complexity index is 813. The quantitative estimate of drug-likeness (QED) is 0.550. The third-order valence-electron chi connectivity index (χ3n) is 3.04. The SMILES string of the molecule is Cc1cccc(NC(=O)CSc2nnc(-c3ccco3)n2N)c1. The van der Waals surface area contributed by atoms with Crippen molar-refractivity contribution in [1.29, 1.82) is 0 Å². The number of nitrogens with one attached hydrogen (secondary N) is 1. The zero-order valence-corrected chi connectivity index (χ0v) is 13.2. The number of amides is 1. The Morgan fingerprint density at radius 3 is 2.96 bits per heavy atom. The Labute approximate surface area is 136 Å². The van der Waals surface area contributed by atoms with E-state index in [4.69, 9.17) is 10.3 Å². The number of carbonyl (C=O) groups excluding carboxylic acids is 1. The standard InChI is InChI=1S/C15H15N5O2S/c1-10-4-2-5-11(8-10)17-13(21)9-23-15-19-18-14(20(15)16)12-6-3-7-22-12/h2-8H,9,16H2,1H3,(H,17,21). The predicted molar refractivity (Wildman–Crippen MR) is 88.4 cm³/mol. The molecule has 8 heteroatoms. The molecule has 2 aromatic heterocycles. The molecule has 2 heterocycles. The summed E-state index contributed by atoms with van der Waals surface area (Å²) >= 11 is 1.21. The summed E-state index contributed by atoms with van der Waals surface area (Å²) in [6.45, 7) is 1.97. The normalized spacial score (nSPS) is 10.7. The first-order chi connectivity index (χ1) is 11.1. The van der Waals surface area contributed by atoms with Gasteiger partial charge in [0, 0.05) is 5.69 Å². The van der Waals surface area contributed by atoms with E-state index in [0.29, 0.717) is 16.7 Å². The summed E-state index contributed by atoms with van der Waals surface area (Å²) in [5.41, 5.74) is 1.85. The third kappa shape index (κ3) is 3.54. The van der Waals surface area contributed by atoms with E-state index in [2.05, 4.69) is 15.5 Å². The summed E-state index contributed by atoms with van der Waals surface area (Å²) in [7, 11) is 0. The lowest BCUT2D eigenvalue weighted by Gasteiger charge is -2.05. The molecule has 118 valence electrons. The highest BCUT2D eigenvalue weighted by atomic mass is 32.2. The minimum absolute atomic E-state index is 0.136. The van der Waals surface area contributed by atoms with E-state index in [1.165, 1.54) is 22.7 Å². The van der Waals surface area contributed by atoms with Gasteiger partial charge in [0.1, 0.15) is 0 Å². The van der Waals surface area contributed by atoms with E-state index >= 15 is 0 Å². The van der Waals surface area contributed by atoms with Gasteiger partial charge in [-0.2, -0.15) is 0 Å². The van der Waals surface area contributed by atoms with Crippen molar-refractivity contribution >= 4 is 23.4 Å². The van der Waals surface area contributed by atoms with Crippen LogP contribution in [-0.2, 0) is 4.79 Å². The van der Waals surface area contributed by atoms with E-state index in [-0.39, 0.29) is 11.7 Å². The fourth-order valence-electron chi connectivity index (χ4n) is 2.00. The van der Waals surface area contributed by atoms with E-state index < -0.39 is 0 Å². The summed E-state index contributed by atoms with van der Waals surface area (Å²) < 4.78 is 6.55. The number of carbonyl (C=O) groups is 1. The first-order valence-corrected chi connectivity index (χ1v) is 7.86. The molecule has 0 saturated heterocycles. The summed E-state index contributed by atoms with van der Waals surface area (Å²) in [6.07, 6.45) is 1.53. The number of nitrogens with zero attached hydrogens (tertiary/aromatic N) is 3. The van der Waals surface area contributed by atoms with Crippen molar-refractivity contribution in [3.63, 3.8) is 0 Å². The number of furan rings is 1. The number of nitrogen functional groups attached to an aromatic ring is 1. The molecule has 1 amide bonds. The molecule has 0 bridgehead atoms. The number of rotatable bonds is 5. The van der Waals surface area contributed by atoms with Gasteiger partial charge in [-0.25, -0.2) is 4.68 Å². The van der Waals surface area contributed by atoms with Crippen LogP contribution < -0.4 is 11.2 Å². The van der Waals surface area contributed by atoms with Gasteiger partial charge in [0.25, 0.3) is 0 Å². The molecule has 0 atom stereocenters. The van der Waals surface area contributed by atoms with Crippen LogP contribution >= 0.6 is 11.8 Å². The Morgan fingerprint density at radius 2 is 2.22 bits per heavy atom. The summed E-state index contributed by atoms with van der Waals surface area (Å²) in [5, 5.41) is 11.2. The number of nitrogens with two attached hydrogens (primary N) is 1. The second-order valence-electron chi connectivity index (χ2n) is 4.86. The van der Waals surface area contributed by atoms with Crippen LogP contribution in [0.25, 0.3) is 11.6 Å². The molecule has 3 N–H and O–H groups in total. The van der Waals surface area contributed by atoms with Gasteiger partial charge in [0.2, 0.25) is 16.9 Å². The summed E-state index contributed by atoms with van der Waals surface area (Å²) in [6, 6.07) is 11.1. The highest BCUT2D eigenvalue weighted by molar-refractivity contribution is 7.99. The molecule has 0 spiro atoms. The molecule has 0 unspecified atom stereocenters. The van der Waals surface area contributed by atoms with E-state index in [9.17, 15) is 4.79 Å². The predicted octanol–water partition coefficient (Wildman–Crippen LogP) is 2.29. The van der Waals surface area contributed by atoms with Crippen molar-refractivity contribution in [2.45, 2.75) is 12.1 Å². The largest absolute Gasteiger partial charge is 0.461 e. The molecule has 7 nitrogen and oxygen atoms in total. The number of aromatic nitrogens is 3. The maximum Gasteiger partial charge on any atom is 0.234 e. The number of thioether (sulfide) groups is 1. The molecule has 0 saturated carbocycles. The van der Waals surface area contributed by atoms with Crippen molar-refractivity contribution in [3.05, 3.63) is 48.2 Å². The van der Waals surface area contributed by atoms with Gasteiger partial charge in [-0.3, -0.25) is 4.79 Å². The maximum atomic E-state index is 12.0. The van der Waals surface area contributed by atoms with Gasteiger partial charge in [0.15, 0.2) is 5.76 Å². The molecule has 0 fully saturated rings. The molecule has 0 radical (unpaired) electrons. The second-order valence-corrected chi connectivity index (χ2v) is 5.80. The smallest absolute Gasteiger partial charge is 0.234 e. The van der Waals surface area contributed by atoms with Crippen molar-refractivity contribution in [2.24, 2.45) is 0 Å². The minimum atomic E-state index is -0.136. The molecule has 1 aromatic carbocycles. The van der Waals surface area contributed by atoms with Crippen LogP contribution in [-0.4, -0.2) is 26.5 Å².